The first kappa shape index (κ1) is 15.5. The lowest BCUT2D eigenvalue weighted by Gasteiger charge is -2.35. The normalized spacial score (nSPS) is 16.1. The lowest BCUT2D eigenvalue weighted by Crippen LogP contribution is -2.52. The van der Waals surface area contributed by atoms with E-state index in [0.29, 0.717) is 6.54 Å². The van der Waals surface area contributed by atoms with Crippen molar-refractivity contribution in [1.82, 2.24) is 5.32 Å². The van der Waals surface area contributed by atoms with E-state index >= 15 is 0 Å². The van der Waals surface area contributed by atoms with Crippen molar-refractivity contribution in [2.45, 2.75) is 58.9 Å². The van der Waals surface area contributed by atoms with Crippen LogP contribution >= 0.6 is 0 Å². The molecule has 2 heteroatoms. The summed E-state index contributed by atoms with van der Waals surface area (Å²) in [4.78, 5) is 0. The van der Waals surface area contributed by atoms with Gasteiger partial charge in [-0.25, -0.2) is 0 Å². The van der Waals surface area contributed by atoms with E-state index in [1.807, 2.05) is 6.92 Å². The fourth-order valence-corrected chi connectivity index (χ4v) is 1.97. The van der Waals surface area contributed by atoms with Gasteiger partial charge in [0.15, 0.2) is 0 Å². The highest BCUT2D eigenvalue weighted by Gasteiger charge is 2.27. The topological polar surface area (TPSA) is 38.0 Å². The SMILES string of the molecule is CC#CCCNC(CC)(CN)CC(C)CC. The second kappa shape index (κ2) is 8.61. The highest BCUT2D eigenvalue weighted by atomic mass is 15.0. The predicted molar refractivity (Wildman–Crippen MR) is 72.2 cm³/mol. The summed E-state index contributed by atoms with van der Waals surface area (Å²) in [5.41, 5.74) is 6.05. The average Bonchev–Trinajstić information content (AvgIpc) is 2.33. The van der Waals surface area contributed by atoms with E-state index in [-0.39, 0.29) is 5.54 Å². The molecule has 2 nitrogen and oxygen atoms in total. The summed E-state index contributed by atoms with van der Waals surface area (Å²) in [6, 6.07) is 0. The van der Waals surface area contributed by atoms with Crippen molar-refractivity contribution in [3.63, 3.8) is 0 Å². The number of nitrogens with one attached hydrogen (secondary N) is 1. The number of hydrogen-bond donors (Lipinski definition) is 2. The summed E-state index contributed by atoms with van der Waals surface area (Å²) in [5.74, 6) is 6.73. The molecule has 2 unspecified atom stereocenters. The van der Waals surface area contributed by atoms with Gasteiger partial charge in [0.25, 0.3) is 0 Å². The summed E-state index contributed by atoms with van der Waals surface area (Å²) < 4.78 is 0. The first-order valence-electron chi connectivity index (χ1n) is 6.48. The van der Waals surface area contributed by atoms with E-state index in [4.69, 9.17) is 5.73 Å². The molecule has 0 amide bonds. The molecule has 94 valence electrons. The monoisotopic (exact) mass is 224 g/mol. The molecular weight excluding hydrogens is 196 g/mol. The van der Waals surface area contributed by atoms with Crippen LogP contribution in [0.2, 0.25) is 0 Å². The lowest BCUT2D eigenvalue weighted by atomic mass is 9.84. The van der Waals surface area contributed by atoms with Gasteiger partial charge < -0.3 is 11.1 Å². The average molecular weight is 224 g/mol. The van der Waals surface area contributed by atoms with E-state index < -0.39 is 0 Å². The van der Waals surface area contributed by atoms with Crippen LogP contribution in [0.4, 0.5) is 0 Å². The molecule has 0 bridgehead atoms. The molecule has 3 N–H and O–H groups in total. The van der Waals surface area contributed by atoms with E-state index in [2.05, 4.69) is 37.9 Å². The van der Waals surface area contributed by atoms with Crippen molar-refractivity contribution >= 4 is 0 Å². The van der Waals surface area contributed by atoms with E-state index in [9.17, 15) is 0 Å². The maximum absolute atomic E-state index is 5.94. The van der Waals surface area contributed by atoms with Gasteiger partial charge in [-0.2, -0.15) is 0 Å². The van der Waals surface area contributed by atoms with Crippen LogP contribution < -0.4 is 11.1 Å². The van der Waals surface area contributed by atoms with E-state index in [1.165, 1.54) is 6.42 Å². The Morgan fingerprint density at radius 3 is 2.50 bits per heavy atom. The Labute approximate surface area is 101 Å². The third-order valence-electron chi connectivity index (χ3n) is 3.43. The molecule has 0 aromatic heterocycles. The minimum absolute atomic E-state index is 0.116. The number of hydrogen-bond acceptors (Lipinski definition) is 2. The maximum atomic E-state index is 5.94. The molecule has 0 heterocycles. The maximum Gasteiger partial charge on any atom is 0.0304 e. The van der Waals surface area contributed by atoms with E-state index in [1.54, 1.807) is 0 Å². The fourth-order valence-electron chi connectivity index (χ4n) is 1.97. The molecule has 16 heavy (non-hydrogen) atoms. The standard InChI is InChI=1S/C14H28N2/c1-5-8-9-10-16-14(7-3,12-15)11-13(4)6-2/h13,16H,6-7,9-12,15H2,1-4H3. The van der Waals surface area contributed by atoms with Crippen molar-refractivity contribution in [2.75, 3.05) is 13.1 Å². The molecule has 2 atom stereocenters. The zero-order chi connectivity index (χ0) is 12.4. The smallest absolute Gasteiger partial charge is 0.0304 e. The molecule has 0 aliphatic rings. The van der Waals surface area contributed by atoms with Gasteiger partial charge in [-0.15, -0.1) is 11.8 Å². The van der Waals surface area contributed by atoms with Crippen LogP contribution in [-0.2, 0) is 0 Å². The van der Waals surface area contributed by atoms with Gasteiger partial charge in [0.2, 0.25) is 0 Å². The quantitative estimate of drug-likeness (QED) is 0.491. The fraction of sp³-hybridized carbons (Fsp3) is 0.857. The Morgan fingerprint density at radius 2 is 2.06 bits per heavy atom. The lowest BCUT2D eigenvalue weighted by molar-refractivity contribution is 0.256. The van der Waals surface area contributed by atoms with Crippen molar-refractivity contribution in [3.05, 3.63) is 0 Å². The van der Waals surface area contributed by atoms with Crippen LogP contribution in [0.5, 0.6) is 0 Å². The van der Waals surface area contributed by atoms with Crippen LogP contribution in [0.1, 0.15) is 53.4 Å². The van der Waals surface area contributed by atoms with Crippen LogP contribution in [-0.4, -0.2) is 18.6 Å². The molecule has 0 fully saturated rings. The van der Waals surface area contributed by atoms with Gasteiger partial charge >= 0.3 is 0 Å². The van der Waals surface area contributed by atoms with Gasteiger partial charge in [-0.3, -0.25) is 0 Å². The second-order valence-electron chi connectivity index (χ2n) is 4.66. The number of nitrogens with two attached hydrogens (primary N) is 1. The zero-order valence-electron chi connectivity index (χ0n) is 11.4. The largest absolute Gasteiger partial charge is 0.329 e. The van der Waals surface area contributed by atoms with Crippen molar-refractivity contribution in [3.8, 4) is 11.8 Å². The van der Waals surface area contributed by atoms with Gasteiger partial charge in [-0.1, -0.05) is 27.2 Å². The molecule has 0 aliphatic heterocycles. The van der Waals surface area contributed by atoms with Crippen LogP contribution in [0.15, 0.2) is 0 Å². The molecular formula is C14H28N2. The predicted octanol–water partition coefficient (Wildman–Crippen LogP) is 2.53. The van der Waals surface area contributed by atoms with Crippen molar-refractivity contribution < 1.29 is 0 Å². The Morgan fingerprint density at radius 1 is 1.38 bits per heavy atom. The molecule has 0 aliphatic carbocycles. The Bertz CT molecular complexity index is 221. The minimum atomic E-state index is 0.116. The molecule has 0 aromatic carbocycles. The first-order valence-corrected chi connectivity index (χ1v) is 6.48. The summed E-state index contributed by atoms with van der Waals surface area (Å²) >= 11 is 0. The first-order chi connectivity index (χ1) is 7.64. The molecule has 0 spiro atoms. The minimum Gasteiger partial charge on any atom is -0.329 e. The highest BCUT2D eigenvalue weighted by molar-refractivity contribution is 4.97. The van der Waals surface area contributed by atoms with Gasteiger partial charge in [0.1, 0.15) is 0 Å². The van der Waals surface area contributed by atoms with Gasteiger partial charge in [-0.05, 0) is 25.7 Å². The molecule has 0 saturated heterocycles. The van der Waals surface area contributed by atoms with Crippen LogP contribution in [0.3, 0.4) is 0 Å². The molecule has 0 rings (SSSR count). The van der Waals surface area contributed by atoms with Crippen molar-refractivity contribution in [1.29, 1.82) is 0 Å². The second-order valence-corrected chi connectivity index (χ2v) is 4.66. The van der Waals surface area contributed by atoms with Crippen LogP contribution in [0, 0.1) is 17.8 Å². The van der Waals surface area contributed by atoms with Crippen LogP contribution in [0.25, 0.3) is 0 Å². The zero-order valence-corrected chi connectivity index (χ0v) is 11.4. The molecule has 0 radical (unpaired) electrons. The summed E-state index contributed by atoms with van der Waals surface area (Å²) in [6.45, 7) is 10.3. The Kier molecular flexibility index (Phi) is 8.33. The van der Waals surface area contributed by atoms with Gasteiger partial charge in [0.05, 0.1) is 0 Å². The number of rotatable bonds is 8. The third kappa shape index (κ3) is 5.53. The summed E-state index contributed by atoms with van der Waals surface area (Å²) in [6.07, 6.45) is 4.39. The molecule has 0 aromatic rings. The Hall–Kier alpha value is -0.520. The van der Waals surface area contributed by atoms with E-state index in [0.717, 1.165) is 31.7 Å². The molecule has 0 saturated carbocycles. The summed E-state index contributed by atoms with van der Waals surface area (Å²) in [5, 5.41) is 3.61. The van der Waals surface area contributed by atoms with Gasteiger partial charge in [0, 0.05) is 25.0 Å². The third-order valence-corrected chi connectivity index (χ3v) is 3.43. The van der Waals surface area contributed by atoms with Crippen molar-refractivity contribution in [2.24, 2.45) is 11.7 Å². The Balaban J connectivity index is 4.23. The highest BCUT2D eigenvalue weighted by Crippen LogP contribution is 2.21. The summed E-state index contributed by atoms with van der Waals surface area (Å²) in [7, 11) is 0.